The lowest BCUT2D eigenvalue weighted by atomic mass is 9.90. The van der Waals surface area contributed by atoms with Gasteiger partial charge in [-0.15, -0.1) is 0 Å². The van der Waals surface area contributed by atoms with Gasteiger partial charge < -0.3 is 10.0 Å². The fourth-order valence-electron chi connectivity index (χ4n) is 2.59. The summed E-state index contributed by atoms with van der Waals surface area (Å²) in [6.07, 6.45) is -6.67. The number of halogens is 4. The number of benzene rings is 1. The van der Waals surface area contributed by atoms with Crippen LogP contribution < -0.4 is 0 Å². The van der Waals surface area contributed by atoms with Crippen LogP contribution in [0.15, 0.2) is 18.2 Å². The Bertz CT molecular complexity index is 554. The van der Waals surface area contributed by atoms with Crippen LogP contribution in [0.5, 0.6) is 0 Å². The quantitative estimate of drug-likeness (QED) is 0.899. The number of amides is 1. The number of piperidine rings is 1. The van der Waals surface area contributed by atoms with Crippen molar-refractivity contribution in [3.05, 3.63) is 34.3 Å². The van der Waals surface area contributed by atoms with E-state index in [1.54, 1.807) is 18.2 Å². The van der Waals surface area contributed by atoms with E-state index in [0.717, 1.165) is 5.56 Å². The van der Waals surface area contributed by atoms with Crippen molar-refractivity contribution in [1.29, 1.82) is 0 Å². The van der Waals surface area contributed by atoms with Gasteiger partial charge in [-0.1, -0.05) is 17.7 Å². The fraction of sp³-hybridized carbons (Fsp3) is 0.533. The van der Waals surface area contributed by atoms with Gasteiger partial charge in [0.25, 0.3) is 5.91 Å². The van der Waals surface area contributed by atoms with Crippen molar-refractivity contribution < 1.29 is 23.1 Å². The Morgan fingerprint density at radius 1 is 1.36 bits per heavy atom. The standard InChI is InChI=1S/C15H17ClF3NO2/c1-9-2-3-11(8-12(9)16)14(22)20-6-4-10(5-7-20)13(21)15(17,18)19/h2-3,8,10,13,21H,4-7H2,1H3. The Balaban J connectivity index is 1.99. The minimum atomic E-state index is -4.61. The van der Waals surface area contributed by atoms with Gasteiger partial charge in [-0.25, -0.2) is 0 Å². The van der Waals surface area contributed by atoms with E-state index >= 15 is 0 Å². The molecule has 0 aromatic heterocycles. The number of aliphatic hydroxyl groups excluding tert-OH is 1. The summed E-state index contributed by atoms with van der Waals surface area (Å²) in [5.74, 6) is -1.10. The second kappa shape index (κ2) is 6.46. The third kappa shape index (κ3) is 3.73. The molecule has 0 radical (unpaired) electrons. The fourth-order valence-corrected chi connectivity index (χ4v) is 2.77. The monoisotopic (exact) mass is 335 g/mol. The summed E-state index contributed by atoms with van der Waals surface area (Å²) in [7, 11) is 0. The van der Waals surface area contributed by atoms with E-state index in [0.29, 0.717) is 10.6 Å². The first kappa shape index (κ1) is 17.1. The highest BCUT2D eigenvalue weighted by Crippen LogP contribution is 2.32. The first-order chi connectivity index (χ1) is 10.2. The van der Waals surface area contributed by atoms with Crippen molar-refractivity contribution in [2.75, 3.05) is 13.1 Å². The van der Waals surface area contributed by atoms with Crippen molar-refractivity contribution >= 4 is 17.5 Å². The van der Waals surface area contributed by atoms with Crippen LogP contribution in [0.1, 0.15) is 28.8 Å². The highest BCUT2D eigenvalue weighted by molar-refractivity contribution is 6.31. The molecule has 1 aromatic carbocycles. The molecule has 1 aliphatic rings. The predicted molar refractivity (Wildman–Crippen MR) is 76.9 cm³/mol. The molecule has 1 aromatic rings. The molecule has 1 unspecified atom stereocenters. The molecule has 1 heterocycles. The highest BCUT2D eigenvalue weighted by atomic mass is 35.5. The van der Waals surface area contributed by atoms with E-state index in [1.165, 1.54) is 4.90 Å². The topological polar surface area (TPSA) is 40.5 Å². The van der Waals surface area contributed by atoms with E-state index in [9.17, 15) is 23.1 Å². The Morgan fingerprint density at radius 3 is 2.45 bits per heavy atom. The molecule has 1 saturated heterocycles. The summed E-state index contributed by atoms with van der Waals surface area (Å²) < 4.78 is 37.5. The molecule has 1 aliphatic heterocycles. The number of hydrogen-bond donors (Lipinski definition) is 1. The normalized spacial score (nSPS) is 18.4. The van der Waals surface area contributed by atoms with Gasteiger partial charge in [0.1, 0.15) is 0 Å². The van der Waals surface area contributed by atoms with Crippen molar-refractivity contribution in [3.8, 4) is 0 Å². The Morgan fingerprint density at radius 2 is 1.95 bits per heavy atom. The van der Waals surface area contributed by atoms with Crippen molar-refractivity contribution in [2.24, 2.45) is 5.92 Å². The zero-order chi connectivity index (χ0) is 16.5. The van der Waals surface area contributed by atoms with E-state index in [1.807, 2.05) is 6.92 Å². The van der Waals surface area contributed by atoms with Gasteiger partial charge in [0, 0.05) is 23.7 Å². The van der Waals surface area contributed by atoms with Crippen LogP contribution in [-0.2, 0) is 0 Å². The van der Waals surface area contributed by atoms with Crippen LogP contribution in [0.3, 0.4) is 0 Å². The highest BCUT2D eigenvalue weighted by Gasteiger charge is 2.44. The zero-order valence-electron chi connectivity index (χ0n) is 12.0. The number of carbonyl (C=O) groups is 1. The molecule has 1 N–H and O–H groups in total. The van der Waals surface area contributed by atoms with Crippen LogP contribution in [0.25, 0.3) is 0 Å². The third-order valence-electron chi connectivity index (χ3n) is 4.03. The summed E-state index contributed by atoms with van der Waals surface area (Å²) in [6.45, 7) is 2.21. The predicted octanol–water partition coefficient (Wildman–Crippen LogP) is 3.42. The molecule has 3 nitrogen and oxygen atoms in total. The van der Waals surface area contributed by atoms with Crippen molar-refractivity contribution in [3.63, 3.8) is 0 Å². The van der Waals surface area contributed by atoms with Gasteiger partial charge in [0.05, 0.1) is 0 Å². The van der Waals surface area contributed by atoms with E-state index < -0.39 is 18.2 Å². The summed E-state index contributed by atoms with van der Waals surface area (Å²) in [4.78, 5) is 13.8. The number of nitrogens with zero attached hydrogens (tertiary/aromatic N) is 1. The average molecular weight is 336 g/mol. The molecule has 7 heteroatoms. The molecular formula is C15H17ClF3NO2. The number of aryl methyl sites for hydroxylation is 1. The number of carbonyl (C=O) groups excluding carboxylic acids is 1. The van der Waals surface area contributed by atoms with E-state index in [-0.39, 0.29) is 31.8 Å². The van der Waals surface area contributed by atoms with Gasteiger partial charge in [0.15, 0.2) is 6.10 Å². The van der Waals surface area contributed by atoms with Gasteiger partial charge >= 0.3 is 6.18 Å². The molecule has 0 aliphatic carbocycles. The third-order valence-corrected chi connectivity index (χ3v) is 4.43. The molecule has 1 atom stereocenters. The molecule has 0 saturated carbocycles. The van der Waals surface area contributed by atoms with Gasteiger partial charge in [-0.3, -0.25) is 4.79 Å². The number of likely N-dealkylation sites (tertiary alicyclic amines) is 1. The number of alkyl halides is 3. The van der Waals surface area contributed by atoms with Crippen LogP contribution in [0.2, 0.25) is 5.02 Å². The number of rotatable bonds is 2. The summed E-state index contributed by atoms with van der Waals surface area (Å²) in [5, 5.41) is 9.75. The molecule has 122 valence electrons. The SMILES string of the molecule is Cc1ccc(C(=O)N2CCC(C(O)C(F)(F)F)CC2)cc1Cl. The van der Waals surface area contributed by atoms with Crippen LogP contribution in [-0.4, -0.2) is 41.3 Å². The van der Waals surface area contributed by atoms with Crippen LogP contribution >= 0.6 is 11.6 Å². The first-order valence-corrected chi connectivity index (χ1v) is 7.38. The van der Waals surface area contributed by atoms with E-state index in [4.69, 9.17) is 11.6 Å². The Hall–Kier alpha value is -1.27. The Kier molecular flexibility index (Phi) is 5.02. The minimum absolute atomic E-state index is 0.131. The maximum absolute atomic E-state index is 12.5. The number of aliphatic hydroxyl groups is 1. The maximum atomic E-state index is 12.5. The molecule has 1 fully saturated rings. The molecular weight excluding hydrogens is 319 g/mol. The van der Waals surface area contributed by atoms with E-state index in [2.05, 4.69) is 0 Å². The second-order valence-electron chi connectivity index (χ2n) is 5.58. The smallest absolute Gasteiger partial charge is 0.383 e. The average Bonchev–Trinajstić information content (AvgIpc) is 2.48. The second-order valence-corrected chi connectivity index (χ2v) is 5.99. The molecule has 1 amide bonds. The Labute approximate surface area is 131 Å². The van der Waals surface area contributed by atoms with Gasteiger partial charge in [-0.2, -0.15) is 13.2 Å². The zero-order valence-corrected chi connectivity index (χ0v) is 12.8. The lowest BCUT2D eigenvalue weighted by Crippen LogP contribution is -2.45. The largest absolute Gasteiger partial charge is 0.414 e. The maximum Gasteiger partial charge on any atom is 0.414 e. The first-order valence-electron chi connectivity index (χ1n) is 7.00. The molecule has 0 spiro atoms. The van der Waals surface area contributed by atoms with Crippen molar-refractivity contribution in [2.45, 2.75) is 32.0 Å². The number of hydrogen-bond acceptors (Lipinski definition) is 2. The van der Waals surface area contributed by atoms with Gasteiger partial charge in [0.2, 0.25) is 0 Å². The van der Waals surface area contributed by atoms with Gasteiger partial charge in [-0.05, 0) is 43.4 Å². The lowest BCUT2D eigenvalue weighted by Gasteiger charge is -2.34. The van der Waals surface area contributed by atoms with Crippen LogP contribution in [0, 0.1) is 12.8 Å². The lowest BCUT2D eigenvalue weighted by molar-refractivity contribution is -0.222. The molecule has 22 heavy (non-hydrogen) atoms. The molecule has 2 rings (SSSR count). The summed E-state index contributed by atoms with van der Waals surface area (Å²) >= 11 is 5.98. The van der Waals surface area contributed by atoms with Crippen LogP contribution in [0.4, 0.5) is 13.2 Å². The summed E-state index contributed by atoms with van der Waals surface area (Å²) in [5.41, 5.74) is 1.27. The minimum Gasteiger partial charge on any atom is -0.383 e. The molecule has 0 bridgehead atoms. The summed E-state index contributed by atoms with van der Waals surface area (Å²) in [6, 6.07) is 4.95. The van der Waals surface area contributed by atoms with Crippen molar-refractivity contribution in [1.82, 2.24) is 4.90 Å².